The first-order valence-corrected chi connectivity index (χ1v) is 12.0. The molecule has 0 aliphatic heterocycles. The van der Waals surface area contributed by atoms with Crippen molar-refractivity contribution in [1.29, 1.82) is 0 Å². The molecule has 1 atom stereocenters. The van der Waals surface area contributed by atoms with E-state index >= 15 is 0 Å². The molecule has 158 valence electrons. The molecule has 0 aromatic heterocycles. The van der Waals surface area contributed by atoms with E-state index in [9.17, 15) is 13.2 Å². The van der Waals surface area contributed by atoms with Crippen LogP contribution in [-0.4, -0.2) is 26.6 Å². The summed E-state index contributed by atoms with van der Waals surface area (Å²) in [6.07, 6.45) is 4.66. The first-order valence-electron chi connectivity index (χ1n) is 9.82. The number of nitrogens with one attached hydrogen (secondary N) is 1. The van der Waals surface area contributed by atoms with Crippen molar-refractivity contribution in [1.82, 2.24) is 0 Å². The Labute approximate surface area is 179 Å². The zero-order chi connectivity index (χ0) is 21.6. The van der Waals surface area contributed by atoms with Gasteiger partial charge in [0, 0.05) is 10.7 Å². The highest BCUT2D eigenvalue weighted by Crippen LogP contribution is 2.29. The Balaban J connectivity index is 2.30. The average molecular weight is 437 g/mol. The van der Waals surface area contributed by atoms with E-state index in [2.05, 4.69) is 12.2 Å². The van der Waals surface area contributed by atoms with Gasteiger partial charge in [0.05, 0.1) is 11.9 Å². The second-order valence-corrected chi connectivity index (χ2v) is 9.50. The highest BCUT2D eigenvalue weighted by Gasteiger charge is 2.32. The van der Waals surface area contributed by atoms with Gasteiger partial charge >= 0.3 is 0 Å². The molecule has 0 spiro atoms. The summed E-state index contributed by atoms with van der Waals surface area (Å²) in [5.74, 6) is -0.376. The predicted octanol–water partition coefficient (Wildman–Crippen LogP) is 5.17. The molecular weight excluding hydrogens is 408 g/mol. The number of benzene rings is 2. The Morgan fingerprint density at radius 2 is 1.79 bits per heavy atom. The van der Waals surface area contributed by atoms with Gasteiger partial charge in [-0.05, 0) is 61.6 Å². The highest BCUT2D eigenvalue weighted by atomic mass is 35.5. The molecule has 7 heteroatoms. The fraction of sp³-hybridized carbons (Fsp3) is 0.409. The largest absolute Gasteiger partial charge is 0.324 e. The Hall–Kier alpha value is -2.05. The lowest BCUT2D eigenvalue weighted by Gasteiger charge is -2.31. The van der Waals surface area contributed by atoms with Gasteiger partial charge in [-0.1, -0.05) is 50.1 Å². The van der Waals surface area contributed by atoms with Gasteiger partial charge in [-0.25, -0.2) is 8.42 Å². The Morgan fingerprint density at radius 3 is 2.34 bits per heavy atom. The summed E-state index contributed by atoms with van der Waals surface area (Å²) in [4.78, 5) is 13.0. The number of hydrogen-bond acceptors (Lipinski definition) is 3. The van der Waals surface area contributed by atoms with Crippen LogP contribution in [-0.2, 0) is 21.2 Å². The first-order chi connectivity index (χ1) is 13.7. The van der Waals surface area contributed by atoms with E-state index in [0.29, 0.717) is 22.8 Å². The van der Waals surface area contributed by atoms with Crippen molar-refractivity contribution in [3.8, 4) is 0 Å². The standard InChI is InChI=1S/C22H29ClN2O3S/c1-5-7-8-17-10-13-19(14-11-17)24-22(26)20(6-2)25(29(4,27)28)21-15-18(23)12-9-16(21)3/h9-15,20H,5-8H2,1-4H3,(H,24,26)/t20-/m1/s1. The Morgan fingerprint density at radius 1 is 1.14 bits per heavy atom. The summed E-state index contributed by atoms with van der Waals surface area (Å²) in [6, 6.07) is 11.8. The van der Waals surface area contributed by atoms with Crippen LogP contribution in [0.3, 0.4) is 0 Å². The molecule has 0 fully saturated rings. The number of aryl methyl sites for hydroxylation is 2. The molecule has 5 nitrogen and oxygen atoms in total. The van der Waals surface area contributed by atoms with E-state index in [1.807, 2.05) is 24.3 Å². The van der Waals surface area contributed by atoms with Gasteiger partial charge < -0.3 is 5.32 Å². The van der Waals surface area contributed by atoms with Gasteiger partial charge in [0.25, 0.3) is 0 Å². The molecule has 2 rings (SSSR count). The van der Waals surface area contributed by atoms with E-state index in [1.165, 1.54) is 9.87 Å². The summed E-state index contributed by atoms with van der Waals surface area (Å²) in [6.45, 7) is 5.73. The fourth-order valence-electron chi connectivity index (χ4n) is 3.22. The van der Waals surface area contributed by atoms with Crippen molar-refractivity contribution in [2.24, 2.45) is 0 Å². The zero-order valence-electron chi connectivity index (χ0n) is 17.4. The SMILES string of the molecule is CCCCc1ccc(NC(=O)[C@@H](CC)N(c2cc(Cl)ccc2C)S(C)(=O)=O)cc1. The topological polar surface area (TPSA) is 66.5 Å². The molecule has 0 heterocycles. The third-order valence-electron chi connectivity index (χ3n) is 4.78. The normalized spacial score (nSPS) is 12.4. The van der Waals surface area contributed by atoms with Crippen LogP contribution in [0.2, 0.25) is 5.02 Å². The smallest absolute Gasteiger partial charge is 0.248 e. The molecular formula is C22H29ClN2O3S. The van der Waals surface area contributed by atoms with Crippen molar-refractivity contribution in [3.05, 3.63) is 58.6 Å². The van der Waals surface area contributed by atoms with Gasteiger partial charge in [0.2, 0.25) is 15.9 Å². The molecule has 0 aliphatic rings. The van der Waals surface area contributed by atoms with E-state index in [4.69, 9.17) is 11.6 Å². The summed E-state index contributed by atoms with van der Waals surface area (Å²) in [7, 11) is -3.71. The minimum Gasteiger partial charge on any atom is -0.324 e. The first kappa shape index (κ1) is 23.2. The molecule has 0 radical (unpaired) electrons. The number of halogens is 1. The van der Waals surface area contributed by atoms with Crippen LogP contribution in [0.15, 0.2) is 42.5 Å². The van der Waals surface area contributed by atoms with E-state index < -0.39 is 16.1 Å². The van der Waals surface area contributed by atoms with Crippen molar-refractivity contribution >= 4 is 38.9 Å². The van der Waals surface area contributed by atoms with E-state index in [0.717, 1.165) is 31.1 Å². The molecule has 0 saturated carbocycles. The molecule has 2 aromatic carbocycles. The molecule has 29 heavy (non-hydrogen) atoms. The average Bonchev–Trinajstić information content (AvgIpc) is 2.66. The second-order valence-electron chi connectivity index (χ2n) is 7.20. The molecule has 0 aliphatic carbocycles. The summed E-state index contributed by atoms with van der Waals surface area (Å²) in [5.41, 5.74) is 3.00. The molecule has 1 amide bonds. The van der Waals surface area contributed by atoms with Crippen LogP contribution in [0.25, 0.3) is 0 Å². The molecule has 1 N–H and O–H groups in total. The van der Waals surface area contributed by atoms with Crippen LogP contribution in [0, 0.1) is 6.92 Å². The number of amides is 1. The summed E-state index contributed by atoms with van der Waals surface area (Å²) >= 11 is 6.10. The summed E-state index contributed by atoms with van der Waals surface area (Å²) in [5, 5.41) is 3.27. The lowest BCUT2D eigenvalue weighted by Crippen LogP contribution is -2.47. The van der Waals surface area contributed by atoms with Crippen LogP contribution >= 0.6 is 11.6 Å². The molecule has 0 unspecified atom stereocenters. The Bertz CT molecular complexity index is 943. The minimum atomic E-state index is -3.71. The van der Waals surface area contributed by atoms with Gasteiger partial charge in [0.15, 0.2) is 0 Å². The lowest BCUT2D eigenvalue weighted by atomic mass is 10.1. The Kier molecular flexibility index (Phi) is 8.11. The quantitative estimate of drug-likeness (QED) is 0.589. The van der Waals surface area contributed by atoms with Crippen molar-refractivity contribution in [2.75, 3.05) is 15.9 Å². The van der Waals surface area contributed by atoms with Gasteiger partial charge in [-0.3, -0.25) is 9.10 Å². The molecule has 0 bridgehead atoms. The van der Waals surface area contributed by atoms with Gasteiger partial charge in [-0.2, -0.15) is 0 Å². The number of hydrogen-bond donors (Lipinski definition) is 1. The second kappa shape index (κ2) is 10.1. The van der Waals surface area contributed by atoms with Gasteiger partial charge in [-0.15, -0.1) is 0 Å². The summed E-state index contributed by atoms with van der Waals surface area (Å²) < 4.78 is 26.4. The van der Waals surface area contributed by atoms with Gasteiger partial charge in [0.1, 0.15) is 6.04 Å². The fourth-order valence-corrected chi connectivity index (χ4v) is 4.64. The van der Waals surface area contributed by atoms with Crippen molar-refractivity contribution in [3.63, 3.8) is 0 Å². The van der Waals surface area contributed by atoms with Crippen LogP contribution < -0.4 is 9.62 Å². The molecule has 0 saturated heterocycles. The van der Waals surface area contributed by atoms with Crippen molar-refractivity contribution in [2.45, 2.75) is 52.5 Å². The predicted molar refractivity (Wildman–Crippen MR) is 121 cm³/mol. The number of sulfonamides is 1. The number of anilines is 2. The minimum absolute atomic E-state index is 0.319. The van der Waals surface area contributed by atoms with E-state index in [-0.39, 0.29) is 5.91 Å². The molecule has 2 aromatic rings. The lowest BCUT2D eigenvalue weighted by molar-refractivity contribution is -0.117. The zero-order valence-corrected chi connectivity index (χ0v) is 19.0. The maximum Gasteiger partial charge on any atom is 0.248 e. The number of unbranched alkanes of at least 4 members (excludes halogenated alkanes) is 1. The number of carbonyl (C=O) groups excluding carboxylic acids is 1. The van der Waals surface area contributed by atoms with E-state index in [1.54, 1.807) is 32.0 Å². The van der Waals surface area contributed by atoms with Crippen LogP contribution in [0.1, 0.15) is 44.2 Å². The number of carbonyl (C=O) groups is 1. The number of nitrogens with zero attached hydrogens (tertiary/aromatic N) is 1. The van der Waals surface area contributed by atoms with Crippen molar-refractivity contribution < 1.29 is 13.2 Å². The van der Waals surface area contributed by atoms with Crippen LogP contribution in [0.4, 0.5) is 11.4 Å². The third-order valence-corrected chi connectivity index (χ3v) is 6.18. The third kappa shape index (κ3) is 6.21. The highest BCUT2D eigenvalue weighted by molar-refractivity contribution is 7.92. The maximum absolute atomic E-state index is 13.0. The maximum atomic E-state index is 13.0. The monoisotopic (exact) mass is 436 g/mol. The van der Waals surface area contributed by atoms with Crippen LogP contribution in [0.5, 0.6) is 0 Å². The number of rotatable bonds is 9.